The lowest BCUT2D eigenvalue weighted by Crippen LogP contribution is -2.52. The third-order valence-electron chi connectivity index (χ3n) is 27.1. The average molecular weight is 2090 g/mol. The predicted octanol–water partition coefficient (Wildman–Crippen LogP) is 9.53. The van der Waals surface area contributed by atoms with Gasteiger partial charge < -0.3 is 102 Å². The van der Waals surface area contributed by atoms with E-state index in [0.29, 0.717) is 82.2 Å². The number of para-hydroxylation sites is 1. The monoisotopic (exact) mass is 2090 g/mol. The Bertz CT molecular complexity index is 4810. The van der Waals surface area contributed by atoms with Crippen molar-refractivity contribution >= 4 is 128 Å². The molecular formula is C110H176N16O21S. The summed E-state index contributed by atoms with van der Waals surface area (Å²) in [5.41, 5.74) is 36.7. The Kier molecular flexibility index (Phi) is 64.4. The van der Waals surface area contributed by atoms with Gasteiger partial charge in [0.2, 0.25) is 47.3 Å². The van der Waals surface area contributed by atoms with E-state index in [9.17, 15) is 97.5 Å². The molecule has 0 fully saturated rings. The molecule has 4 rings (SSSR count). The molecule has 8 amide bonds. The summed E-state index contributed by atoms with van der Waals surface area (Å²) in [4.78, 5) is 230. The quantitative estimate of drug-likeness (QED) is 0.0111. The lowest BCUT2D eigenvalue weighted by Gasteiger charge is -2.27. The van der Waals surface area contributed by atoms with Gasteiger partial charge in [-0.25, -0.2) is 0 Å². The zero-order valence-electron chi connectivity index (χ0n) is 89.6. The number of thioether (sulfide) groups is 1. The van der Waals surface area contributed by atoms with E-state index in [0.717, 1.165) is 41.3 Å². The largest absolute Gasteiger partial charge is 0.508 e. The first-order valence-corrected chi connectivity index (χ1v) is 54.6. The Morgan fingerprint density at radius 3 is 1.41 bits per heavy atom. The number of phenols is 1. The number of aliphatic carboxylic acids is 1. The number of hydrogen-bond acceptors (Lipinski definition) is 24. The fourth-order valence-electron chi connectivity index (χ4n) is 18.0. The number of rotatable bonds is 80. The first-order valence-electron chi connectivity index (χ1n) is 53.2. The second-order valence-corrected chi connectivity index (χ2v) is 41.6. The predicted molar refractivity (Wildman–Crippen MR) is 577 cm³/mol. The maximum absolute atomic E-state index is 15.0. The summed E-state index contributed by atoms with van der Waals surface area (Å²) in [7, 11) is 1.26. The Morgan fingerprint density at radius 2 is 0.892 bits per heavy atom. The number of hydrogen-bond donors (Lipinski definition) is 19. The highest BCUT2D eigenvalue weighted by atomic mass is 32.2. The minimum Gasteiger partial charge on any atom is -0.508 e. The number of phenolic OH excluding ortho intramolecular Hbond substituents is 1. The molecular weight excluding hydrogens is 1910 g/mol. The molecule has 37 nitrogen and oxygen atoms in total. The highest BCUT2D eigenvalue weighted by molar-refractivity contribution is 7.98. The first kappa shape index (κ1) is 131. The first-order chi connectivity index (χ1) is 70.3. The molecule has 0 unspecified atom stereocenters. The SMILES string of the molecule is CCCCCCCCCCCCCCCC(=O)N[C@@H](CC(C)C)C(=O)C[C@H](C(=O)N[C@@H](Cc1ccc(O)cc1)C(=O)C[C@@H](CO)C(=O)N[C@H](C(=O)C[C@@H](CC(=O)O)C(=O)NC)[C@@H](C)O)[C@H](C)O.CC[C@H](C)[C@H](CC(=O)[C@H](Cc1ccccc1)NC(=O)[C@H](CCSC)CC(=O)[C@H](Cc1c[nH]c2ccccc12)NC(=O)[C@H](CCCCN)CC(=O)[C@H](CCCN=C(N)N)NC(=O)[C@@H](CC(=O)[C@@H](C)CCCN=C(N)N)CC(C)C)C(N)=O. The van der Waals surface area contributed by atoms with Gasteiger partial charge in [0.05, 0.1) is 73.2 Å². The van der Waals surface area contributed by atoms with Crippen LogP contribution < -0.4 is 71.6 Å². The van der Waals surface area contributed by atoms with Crippen LogP contribution in [-0.4, -0.2) is 230 Å². The number of aromatic nitrogens is 1. The van der Waals surface area contributed by atoms with Crippen molar-refractivity contribution in [2.75, 3.05) is 45.3 Å². The van der Waals surface area contributed by atoms with Gasteiger partial charge in [0, 0.05) is 125 Å². The van der Waals surface area contributed by atoms with E-state index >= 15 is 4.79 Å². The van der Waals surface area contributed by atoms with Gasteiger partial charge in [-0.05, 0) is 162 Å². The van der Waals surface area contributed by atoms with E-state index in [4.69, 9.17) is 34.4 Å². The number of H-pyrrole nitrogens is 1. The summed E-state index contributed by atoms with van der Waals surface area (Å²) in [6.45, 7) is 17.9. The molecule has 25 N–H and O–H groups in total. The standard InChI is InChI=1S/C60H94N12O8S.C50H82N4O13/c1-7-38(4)46(55(62)77)35-54(76)49(30-40-18-9-8-10-19-40)71-57(79)42(24-28-81-6)33-53(75)50(31-44-36-69-47-22-12-11-21-45(44)47)72-56(78)41(20-13-14-25-61)32-52(74)48(23-16-27-68-60(65)66)70-58(80)43(29-37(2)3)34-51(73)39(5)17-15-26-67-59(63)64;1-7-8-9-10-11-12-13-14-15-16-17-18-19-20-45(62)52-40(25-32(2)3)43(60)30-39(33(4)56)50(67)53-41(26-35-21-23-38(58)24-22-35)42(59)28-37(31-55)49(66)54-47(34(5)57)44(61)27-36(29-46(63)64)48(65)51-6/h8-12,18-19,21-22,36-39,41-43,46,48-50,69H,7,13-17,20,23-35,61H2,1-6H3,(H2,62,77)(H,70,80)(H,71,79)(H,72,78)(H4,63,64,67)(H4,65,66,68);21-24,32-34,36-37,39-41,47,55-58H,7-20,25-31H2,1-6H3,(H,51,65)(H,52,62)(H,53,67)(H,54,66)(H,63,64)/t38-,39-,41+,42+,43+,46-,48-,49-,50-;33-,34+,36-,37-,39-,40-,41-,47-/m00/s1. The summed E-state index contributed by atoms with van der Waals surface area (Å²) < 4.78 is 0. The fourth-order valence-corrected chi connectivity index (χ4v) is 18.5. The Balaban J connectivity index is 0.000000775. The van der Waals surface area contributed by atoms with Crippen LogP contribution in [0.3, 0.4) is 0 Å². The molecule has 17 atom stereocenters. The molecule has 0 saturated carbocycles. The summed E-state index contributed by atoms with van der Waals surface area (Å²) in [5.74, 6) is -17.6. The molecule has 0 spiro atoms. The van der Waals surface area contributed by atoms with Crippen LogP contribution in [0.15, 0.2) is 95.0 Å². The van der Waals surface area contributed by atoms with Gasteiger partial charge in [-0.3, -0.25) is 86.7 Å². The van der Waals surface area contributed by atoms with Crippen LogP contribution in [-0.2, 0) is 96.0 Å². The maximum atomic E-state index is 15.0. The molecule has 38 heteroatoms. The van der Waals surface area contributed by atoms with Crippen molar-refractivity contribution in [3.05, 3.63) is 102 Å². The maximum Gasteiger partial charge on any atom is 0.304 e. The van der Waals surface area contributed by atoms with Crippen molar-refractivity contribution in [1.82, 2.24) is 42.2 Å². The van der Waals surface area contributed by atoms with Crippen molar-refractivity contribution in [3.63, 3.8) is 0 Å². The Labute approximate surface area is 879 Å². The number of primary amides is 1. The zero-order valence-corrected chi connectivity index (χ0v) is 90.4. The molecule has 148 heavy (non-hydrogen) atoms. The molecule has 0 aliphatic rings. The number of aliphatic imine (C=N–C) groups is 2. The van der Waals surface area contributed by atoms with Gasteiger partial charge in [-0.15, -0.1) is 0 Å². The molecule has 1 aromatic heterocycles. The van der Waals surface area contributed by atoms with Gasteiger partial charge in [0.1, 0.15) is 17.6 Å². The van der Waals surface area contributed by atoms with Crippen molar-refractivity contribution in [3.8, 4) is 5.75 Å². The molecule has 3 aromatic carbocycles. The molecule has 4 aromatic rings. The summed E-state index contributed by atoms with van der Waals surface area (Å²) in [6.07, 6.45) is 17.2. The number of aromatic amines is 1. The molecule has 0 aliphatic carbocycles. The van der Waals surface area contributed by atoms with Gasteiger partial charge in [-0.2, -0.15) is 11.8 Å². The van der Waals surface area contributed by atoms with Crippen molar-refractivity contribution in [1.29, 1.82) is 0 Å². The van der Waals surface area contributed by atoms with Crippen LogP contribution in [0.1, 0.15) is 298 Å². The van der Waals surface area contributed by atoms with E-state index in [2.05, 4.69) is 59.1 Å². The van der Waals surface area contributed by atoms with Crippen LogP contribution in [0, 0.1) is 65.1 Å². The number of nitrogens with one attached hydrogen (secondary N) is 8. The van der Waals surface area contributed by atoms with E-state index in [1.807, 2.05) is 102 Å². The number of carboxylic acids is 1. The zero-order chi connectivity index (χ0) is 110. The third-order valence-corrected chi connectivity index (χ3v) is 27.7. The van der Waals surface area contributed by atoms with E-state index in [1.165, 1.54) is 115 Å². The molecule has 828 valence electrons. The number of fused-ring (bicyclic) bond motifs is 1. The number of guanidine groups is 2. The topological polar surface area (TPSA) is 655 Å². The minimum absolute atomic E-state index is 0.00111. The number of unbranched alkanes of at least 4 members (excludes halogenated alkanes) is 13. The van der Waals surface area contributed by atoms with Crippen molar-refractivity contribution in [2.24, 2.45) is 109 Å². The molecule has 0 bridgehead atoms. The minimum atomic E-state index is -1.64. The van der Waals surface area contributed by atoms with Crippen LogP contribution in [0.5, 0.6) is 5.75 Å². The number of nitrogens with zero attached hydrogens (tertiary/aromatic N) is 2. The van der Waals surface area contributed by atoms with Gasteiger partial charge in [0.15, 0.2) is 46.6 Å². The Hall–Kier alpha value is -11.3. The van der Waals surface area contributed by atoms with Gasteiger partial charge in [0.25, 0.3) is 0 Å². The fraction of sp³-hybridized carbons (Fsp3) is 0.655. The van der Waals surface area contributed by atoms with Crippen LogP contribution in [0.2, 0.25) is 0 Å². The average Bonchev–Trinajstić information content (AvgIpc) is 1.71. The van der Waals surface area contributed by atoms with Crippen LogP contribution in [0.4, 0.5) is 0 Å². The van der Waals surface area contributed by atoms with Gasteiger partial charge in [-0.1, -0.05) is 206 Å². The number of ketones is 7. The Morgan fingerprint density at radius 1 is 0.426 bits per heavy atom. The molecule has 0 aliphatic heterocycles. The summed E-state index contributed by atoms with van der Waals surface area (Å²) in [5, 5.41) is 70.4. The number of nitrogens with two attached hydrogens (primary N) is 6. The van der Waals surface area contributed by atoms with E-state index in [-0.39, 0.29) is 136 Å². The molecule has 0 saturated heterocycles. The highest BCUT2D eigenvalue weighted by Crippen LogP contribution is 2.30. The summed E-state index contributed by atoms with van der Waals surface area (Å²) in [6, 6.07) is 15.2. The lowest BCUT2D eigenvalue weighted by molar-refractivity contribution is -0.142. The van der Waals surface area contributed by atoms with E-state index < -0.39 is 198 Å². The van der Waals surface area contributed by atoms with Gasteiger partial charge >= 0.3 is 5.97 Å². The second-order valence-electron chi connectivity index (χ2n) is 40.6. The molecule has 0 radical (unpaired) electrons. The van der Waals surface area contributed by atoms with Crippen LogP contribution in [0.25, 0.3) is 10.9 Å². The number of aromatic hydroxyl groups is 1. The van der Waals surface area contributed by atoms with E-state index in [1.54, 1.807) is 13.1 Å². The number of aliphatic hydroxyl groups is 3. The third kappa shape index (κ3) is 52.2. The number of carbonyl (C=O) groups excluding carboxylic acids is 15. The number of carbonyl (C=O) groups is 16. The summed E-state index contributed by atoms with van der Waals surface area (Å²) >= 11 is 1.49. The normalized spacial score (nSPS) is 14.8. The van der Waals surface area contributed by atoms with Crippen molar-refractivity contribution < 1.29 is 102 Å². The lowest BCUT2D eigenvalue weighted by atomic mass is 9.84. The number of aliphatic hydroxyl groups excluding tert-OH is 3. The number of Topliss-reactive ketones (excluding diaryl/α,β-unsaturated/α-hetero) is 7. The molecule has 1 heterocycles. The number of benzene rings is 3. The highest BCUT2D eigenvalue weighted by Gasteiger charge is 2.41. The number of amides is 8. The number of carboxylic acid groups (broad SMARTS) is 1. The van der Waals surface area contributed by atoms with Crippen molar-refractivity contribution in [2.45, 2.75) is 349 Å². The van der Waals surface area contributed by atoms with Crippen LogP contribution >= 0.6 is 11.8 Å². The second kappa shape index (κ2) is 72.9. The smallest absolute Gasteiger partial charge is 0.304 e.